The number of rotatable bonds is 4. The van der Waals surface area contributed by atoms with Gasteiger partial charge in [0.1, 0.15) is 11.9 Å². The van der Waals surface area contributed by atoms with Crippen LogP contribution in [0.15, 0.2) is 36.4 Å². The minimum Gasteiger partial charge on any atom is -0.370 e. The molecular weight excluding hydrogens is 291 g/mol. The second kappa shape index (κ2) is 6.14. The lowest BCUT2D eigenvalue weighted by atomic mass is 10.0. The van der Waals surface area contributed by atoms with Crippen molar-refractivity contribution in [1.29, 1.82) is 0 Å². The molecule has 2 aromatic carbocycles. The Morgan fingerprint density at radius 3 is 2.52 bits per heavy atom. The number of nitrogens with one attached hydrogen (secondary N) is 1. The summed E-state index contributed by atoms with van der Waals surface area (Å²) in [5.41, 5.74) is 8.29. The molecule has 0 aliphatic carbocycles. The average Bonchev–Trinajstić information content (AvgIpc) is 2.35. The van der Waals surface area contributed by atoms with Gasteiger partial charge in [-0.2, -0.15) is 0 Å². The average molecular weight is 307 g/mol. The molecule has 1 amide bonds. The Labute approximate surface area is 127 Å². The maximum atomic E-state index is 13.4. The van der Waals surface area contributed by atoms with Crippen LogP contribution in [0.5, 0.6) is 0 Å². The third kappa shape index (κ3) is 3.73. The molecule has 0 aromatic heterocycles. The molecule has 0 radical (unpaired) electrons. The van der Waals surface area contributed by atoms with Gasteiger partial charge in [0.25, 0.3) is 0 Å². The van der Waals surface area contributed by atoms with E-state index in [9.17, 15) is 9.18 Å². The second-order valence-corrected chi connectivity index (χ2v) is 5.43. The number of carbonyl (C=O) groups is 1. The van der Waals surface area contributed by atoms with Gasteiger partial charge in [0, 0.05) is 10.7 Å². The summed E-state index contributed by atoms with van der Waals surface area (Å²) in [5, 5.41) is 3.56. The molecule has 1 atom stereocenters. The molecule has 0 saturated heterocycles. The predicted octanol–water partition coefficient (Wildman–Crippen LogP) is 3.73. The topological polar surface area (TPSA) is 55.1 Å². The summed E-state index contributed by atoms with van der Waals surface area (Å²) < 4.78 is 13.4. The van der Waals surface area contributed by atoms with Gasteiger partial charge in [-0.15, -0.1) is 0 Å². The summed E-state index contributed by atoms with van der Waals surface area (Å²) in [7, 11) is 0. The number of anilines is 1. The number of carbonyl (C=O) groups excluding carboxylic acids is 1. The predicted molar refractivity (Wildman–Crippen MR) is 82.9 cm³/mol. The summed E-state index contributed by atoms with van der Waals surface area (Å²) in [5.74, 6) is -0.907. The van der Waals surface area contributed by atoms with Crippen molar-refractivity contribution in [3.8, 4) is 0 Å². The highest BCUT2D eigenvalue weighted by molar-refractivity contribution is 6.30. The Kier molecular flexibility index (Phi) is 4.48. The van der Waals surface area contributed by atoms with E-state index >= 15 is 0 Å². The van der Waals surface area contributed by atoms with E-state index in [1.807, 2.05) is 6.92 Å². The van der Waals surface area contributed by atoms with E-state index in [0.717, 1.165) is 11.1 Å². The van der Waals surface area contributed by atoms with Crippen LogP contribution in [-0.2, 0) is 4.79 Å². The number of aryl methyl sites for hydroxylation is 2. The fourth-order valence-electron chi connectivity index (χ4n) is 2.25. The maximum absolute atomic E-state index is 13.4. The van der Waals surface area contributed by atoms with Crippen molar-refractivity contribution in [2.75, 3.05) is 5.32 Å². The highest BCUT2D eigenvalue weighted by Crippen LogP contribution is 2.25. The molecule has 0 spiro atoms. The van der Waals surface area contributed by atoms with Crippen molar-refractivity contribution >= 4 is 23.2 Å². The van der Waals surface area contributed by atoms with Gasteiger partial charge in [0.15, 0.2) is 0 Å². The first-order valence-corrected chi connectivity index (χ1v) is 6.83. The third-order valence-corrected chi connectivity index (χ3v) is 3.42. The van der Waals surface area contributed by atoms with Crippen LogP contribution in [0.25, 0.3) is 0 Å². The van der Waals surface area contributed by atoms with Crippen molar-refractivity contribution in [3.63, 3.8) is 0 Å². The van der Waals surface area contributed by atoms with Gasteiger partial charge in [-0.25, -0.2) is 4.39 Å². The molecule has 0 aliphatic rings. The van der Waals surface area contributed by atoms with Gasteiger partial charge in [-0.3, -0.25) is 4.79 Å². The van der Waals surface area contributed by atoms with Gasteiger partial charge in [-0.05, 0) is 60.9 Å². The van der Waals surface area contributed by atoms with E-state index < -0.39 is 11.9 Å². The van der Waals surface area contributed by atoms with E-state index in [1.165, 1.54) is 12.1 Å². The van der Waals surface area contributed by atoms with E-state index in [1.54, 1.807) is 31.2 Å². The van der Waals surface area contributed by atoms with Crippen LogP contribution in [0.3, 0.4) is 0 Å². The molecular formula is C16H16ClFN2O. The Morgan fingerprint density at radius 2 is 1.95 bits per heavy atom. The Bertz CT molecular complexity index is 668. The monoisotopic (exact) mass is 306 g/mol. The fraction of sp³-hybridized carbons (Fsp3) is 0.188. The standard InChI is InChI=1S/C16H16ClFN2O/c1-9-5-12(18)8-13(6-9)20-15(16(19)21)14-4-3-11(17)7-10(14)2/h3-8,15,20H,1-2H3,(H2,19,21). The number of halogens is 2. The summed E-state index contributed by atoms with van der Waals surface area (Å²) in [6.07, 6.45) is 0. The molecule has 2 rings (SSSR count). The molecule has 2 aromatic rings. The lowest BCUT2D eigenvalue weighted by molar-refractivity contribution is -0.118. The molecule has 0 heterocycles. The first-order valence-electron chi connectivity index (χ1n) is 6.46. The molecule has 3 N–H and O–H groups in total. The zero-order valence-electron chi connectivity index (χ0n) is 11.8. The van der Waals surface area contributed by atoms with Crippen LogP contribution in [0.4, 0.5) is 10.1 Å². The lowest BCUT2D eigenvalue weighted by Crippen LogP contribution is -2.28. The molecule has 3 nitrogen and oxygen atoms in total. The summed E-state index contributed by atoms with van der Waals surface area (Å²) in [4.78, 5) is 11.7. The summed E-state index contributed by atoms with van der Waals surface area (Å²) in [6.45, 7) is 3.62. The van der Waals surface area contributed by atoms with Gasteiger partial charge in [0.2, 0.25) is 5.91 Å². The minimum absolute atomic E-state index is 0.367. The van der Waals surface area contributed by atoms with E-state index in [-0.39, 0.29) is 5.82 Å². The van der Waals surface area contributed by atoms with Crippen molar-refractivity contribution in [2.45, 2.75) is 19.9 Å². The molecule has 0 fully saturated rings. The van der Waals surface area contributed by atoms with Gasteiger partial charge < -0.3 is 11.1 Å². The smallest absolute Gasteiger partial charge is 0.244 e. The molecule has 0 saturated carbocycles. The van der Waals surface area contributed by atoms with Crippen LogP contribution in [-0.4, -0.2) is 5.91 Å². The van der Waals surface area contributed by atoms with Gasteiger partial charge >= 0.3 is 0 Å². The first-order chi connectivity index (χ1) is 9.86. The van der Waals surface area contributed by atoms with Crippen LogP contribution in [0, 0.1) is 19.7 Å². The number of hydrogen-bond acceptors (Lipinski definition) is 2. The van der Waals surface area contributed by atoms with Crippen LogP contribution < -0.4 is 11.1 Å². The number of nitrogens with two attached hydrogens (primary N) is 1. The number of hydrogen-bond donors (Lipinski definition) is 2. The van der Waals surface area contributed by atoms with Crippen molar-refractivity contribution in [2.24, 2.45) is 5.73 Å². The highest BCUT2D eigenvalue weighted by atomic mass is 35.5. The fourth-order valence-corrected chi connectivity index (χ4v) is 2.48. The zero-order chi connectivity index (χ0) is 15.6. The SMILES string of the molecule is Cc1cc(F)cc(NC(C(N)=O)c2ccc(Cl)cc2C)c1. The maximum Gasteiger partial charge on any atom is 0.244 e. The second-order valence-electron chi connectivity index (χ2n) is 5.00. The molecule has 0 aliphatic heterocycles. The highest BCUT2D eigenvalue weighted by Gasteiger charge is 2.20. The van der Waals surface area contributed by atoms with Crippen LogP contribution in [0.2, 0.25) is 5.02 Å². The Hall–Kier alpha value is -2.07. The normalized spacial score (nSPS) is 12.0. The number of benzene rings is 2. The van der Waals surface area contributed by atoms with Crippen molar-refractivity contribution in [1.82, 2.24) is 0 Å². The largest absolute Gasteiger partial charge is 0.370 e. The summed E-state index contributed by atoms with van der Waals surface area (Å²) >= 11 is 5.92. The van der Waals surface area contributed by atoms with Gasteiger partial charge in [0.05, 0.1) is 0 Å². The van der Waals surface area contributed by atoms with Crippen LogP contribution in [0.1, 0.15) is 22.7 Å². The van der Waals surface area contributed by atoms with Crippen molar-refractivity contribution < 1.29 is 9.18 Å². The van der Waals surface area contributed by atoms with Crippen LogP contribution >= 0.6 is 11.6 Å². The Balaban J connectivity index is 2.37. The quantitative estimate of drug-likeness (QED) is 0.904. The minimum atomic E-state index is -0.747. The van der Waals surface area contributed by atoms with Gasteiger partial charge in [-0.1, -0.05) is 17.7 Å². The van der Waals surface area contributed by atoms with E-state index in [2.05, 4.69) is 5.32 Å². The van der Waals surface area contributed by atoms with Crippen molar-refractivity contribution in [3.05, 3.63) is 63.9 Å². The molecule has 21 heavy (non-hydrogen) atoms. The number of primary amides is 1. The summed E-state index contributed by atoms with van der Waals surface area (Å²) in [6, 6.07) is 8.94. The molecule has 0 bridgehead atoms. The third-order valence-electron chi connectivity index (χ3n) is 3.18. The first kappa shape index (κ1) is 15.3. The van der Waals surface area contributed by atoms with E-state index in [0.29, 0.717) is 16.3 Å². The Morgan fingerprint density at radius 1 is 1.24 bits per heavy atom. The molecule has 1 unspecified atom stereocenters. The van der Waals surface area contributed by atoms with E-state index in [4.69, 9.17) is 17.3 Å². The molecule has 110 valence electrons. The lowest BCUT2D eigenvalue weighted by Gasteiger charge is -2.19. The number of amides is 1. The zero-order valence-corrected chi connectivity index (χ0v) is 12.5. The molecule has 5 heteroatoms.